The lowest BCUT2D eigenvalue weighted by atomic mass is 10.2. The molecule has 10 heteroatoms. The molecular weight excluding hydrogens is 454 g/mol. The predicted octanol–water partition coefficient (Wildman–Crippen LogP) is 4.11. The Morgan fingerprint density at radius 3 is 2.44 bits per heavy atom. The topological polar surface area (TPSA) is 96.9 Å². The van der Waals surface area contributed by atoms with Crippen molar-refractivity contribution in [2.45, 2.75) is 10.6 Å². The molecule has 0 saturated carbocycles. The molecule has 0 N–H and O–H groups in total. The standard InChI is InChI=1S/C22H20ClN3O5S/c23-16-2-1-3-20(14-16)32(30)15-19-8-9-21(31-19)22(27)25-12-10-24(11-13-25)17-4-6-18(7-5-17)26(28)29/h1-9,14H,10-13,15H2. The highest BCUT2D eigenvalue weighted by atomic mass is 35.5. The lowest BCUT2D eigenvalue weighted by Gasteiger charge is -2.35. The minimum absolute atomic E-state index is 0.0486. The van der Waals surface area contributed by atoms with Gasteiger partial charge in [0.05, 0.1) is 21.5 Å². The second kappa shape index (κ2) is 9.54. The van der Waals surface area contributed by atoms with Gasteiger partial charge in [-0.05, 0) is 42.5 Å². The van der Waals surface area contributed by atoms with Gasteiger partial charge in [-0.3, -0.25) is 19.1 Å². The van der Waals surface area contributed by atoms with E-state index in [1.807, 2.05) is 0 Å². The van der Waals surface area contributed by atoms with Crippen LogP contribution in [0.15, 0.2) is 70.0 Å². The van der Waals surface area contributed by atoms with Gasteiger partial charge in [0.15, 0.2) is 5.76 Å². The molecule has 1 aliphatic rings. The normalized spacial score (nSPS) is 14.9. The van der Waals surface area contributed by atoms with Gasteiger partial charge < -0.3 is 14.2 Å². The van der Waals surface area contributed by atoms with E-state index >= 15 is 0 Å². The first-order valence-electron chi connectivity index (χ1n) is 9.92. The predicted molar refractivity (Wildman–Crippen MR) is 121 cm³/mol. The number of benzene rings is 2. The Bertz CT molecular complexity index is 1160. The van der Waals surface area contributed by atoms with Crippen molar-refractivity contribution in [3.05, 3.63) is 87.3 Å². The highest BCUT2D eigenvalue weighted by Gasteiger charge is 2.25. The Kier molecular flexibility index (Phi) is 6.57. The van der Waals surface area contributed by atoms with Gasteiger partial charge in [0.1, 0.15) is 5.76 Å². The van der Waals surface area contributed by atoms with Crippen molar-refractivity contribution < 1.29 is 18.3 Å². The number of rotatable bonds is 6. The first-order chi connectivity index (χ1) is 15.4. The van der Waals surface area contributed by atoms with Crippen LogP contribution < -0.4 is 4.90 Å². The summed E-state index contributed by atoms with van der Waals surface area (Å²) in [6.07, 6.45) is 0. The summed E-state index contributed by atoms with van der Waals surface area (Å²) in [4.78, 5) is 27.6. The molecule has 0 radical (unpaired) electrons. The molecule has 1 amide bonds. The number of hydrogen-bond acceptors (Lipinski definition) is 6. The first kappa shape index (κ1) is 22.0. The van der Waals surface area contributed by atoms with E-state index in [0.29, 0.717) is 41.9 Å². The minimum Gasteiger partial charge on any atom is -0.455 e. The lowest BCUT2D eigenvalue weighted by Crippen LogP contribution is -2.48. The molecule has 0 bridgehead atoms. The molecule has 0 spiro atoms. The Morgan fingerprint density at radius 2 is 1.78 bits per heavy atom. The van der Waals surface area contributed by atoms with Crippen LogP contribution in [-0.2, 0) is 16.6 Å². The minimum atomic E-state index is -1.33. The van der Waals surface area contributed by atoms with E-state index in [0.717, 1.165) is 5.69 Å². The molecule has 8 nitrogen and oxygen atoms in total. The average molecular weight is 474 g/mol. The number of anilines is 1. The summed E-state index contributed by atoms with van der Waals surface area (Å²) in [6, 6.07) is 16.5. The van der Waals surface area contributed by atoms with Crippen LogP contribution in [0.4, 0.5) is 11.4 Å². The largest absolute Gasteiger partial charge is 0.455 e. The van der Waals surface area contributed by atoms with Gasteiger partial charge in [-0.2, -0.15) is 0 Å². The van der Waals surface area contributed by atoms with Crippen molar-refractivity contribution in [3.8, 4) is 0 Å². The van der Waals surface area contributed by atoms with Crippen LogP contribution in [0, 0.1) is 10.1 Å². The third-order valence-corrected chi connectivity index (χ3v) is 6.76. The lowest BCUT2D eigenvalue weighted by molar-refractivity contribution is -0.384. The van der Waals surface area contributed by atoms with E-state index in [4.69, 9.17) is 16.0 Å². The maximum Gasteiger partial charge on any atom is 0.289 e. The number of piperazine rings is 1. The summed E-state index contributed by atoms with van der Waals surface area (Å²) in [6.45, 7) is 2.21. The van der Waals surface area contributed by atoms with E-state index in [9.17, 15) is 19.1 Å². The van der Waals surface area contributed by atoms with Gasteiger partial charge >= 0.3 is 0 Å². The van der Waals surface area contributed by atoms with Crippen LogP contribution in [0.2, 0.25) is 5.02 Å². The molecule has 1 aliphatic heterocycles. The third kappa shape index (κ3) is 5.00. The first-order valence-corrected chi connectivity index (χ1v) is 11.6. The zero-order valence-electron chi connectivity index (χ0n) is 17.0. The summed E-state index contributed by atoms with van der Waals surface area (Å²) >= 11 is 5.95. The van der Waals surface area contributed by atoms with Crippen molar-refractivity contribution in [1.82, 2.24) is 4.90 Å². The zero-order valence-corrected chi connectivity index (χ0v) is 18.6. The van der Waals surface area contributed by atoms with E-state index < -0.39 is 15.7 Å². The Labute approximate surface area is 192 Å². The van der Waals surface area contributed by atoms with Crippen molar-refractivity contribution in [3.63, 3.8) is 0 Å². The number of hydrogen-bond donors (Lipinski definition) is 0. The van der Waals surface area contributed by atoms with Gasteiger partial charge in [-0.25, -0.2) is 0 Å². The van der Waals surface area contributed by atoms with E-state index in [1.165, 1.54) is 12.1 Å². The van der Waals surface area contributed by atoms with Crippen molar-refractivity contribution in [2.24, 2.45) is 0 Å². The van der Waals surface area contributed by atoms with Gasteiger partial charge in [-0.15, -0.1) is 0 Å². The maximum atomic E-state index is 12.8. The molecule has 32 heavy (non-hydrogen) atoms. The van der Waals surface area contributed by atoms with Crippen LogP contribution >= 0.6 is 11.6 Å². The molecule has 3 aromatic rings. The van der Waals surface area contributed by atoms with Crippen LogP contribution in [0.3, 0.4) is 0 Å². The molecule has 2 heterocycles. The Morgan fingerprint density at radius 1 is 1.06 bits per heavy atom. The number of furan rings is 1. The molecule has 0 aliphatic carbocycles. The highest BCUT2D eigenvalue weighted by molar-refractivity contribution is 7.84. The molecule has 1 atom stereocenters. The van der Waals surface area contributed by atoms with Crippen LogP contribution in [0.5, 0.6) is 0 Å². The van der Waals surface area contributed by atoms with Gasteiger partial charge in [0, 0.05) is 53.9 Å². The summed E-state index contributed by atoms with van der Waals surface area (Å²) in [7, 11) is -1.33. The van der Waals surface area contributed by atoms with Crippen LogP contribution in [0.25, 0.3) is 0 Å². The van der Waals surface area contributed by atoms with Gasteiger partial charge in [0.2, 0.25) is 0 Å². The number of nitro groups is 1. The van der Waals surface area contributed by atoms with Gasteiger partial charge in [0.25, 0.3) is 11.6 Å². The SMILES string of the molecule is O=C(c1ccc(CS(=O)c2cccc(Cl)c2)o1)N1CCN(c2ccc([N+](=O)[O-])cc2)CC1. The summed E-state index contributed by atoms with van der Waals surface area (Å²) in [5, 5.41) is 11.3. The number of nitro benzene ring substituents is 1. The molecule has 1 aromatic heterocycles. The maximum absolute atomic E-state index is 12.8. The Balaban J connectivity index is 1.34. The van der Waals surface area contributed by atoms with Gasteiger partial charge in [-0.1, -0.05) is 17.7 Å². The number of non-ortho nitro benzene ring substituents is 1. The Hall–Kier alpha value is -3.17. The molecule has 2 aromatic carbocycles. The highest BCUT2D eigenvalue weighted by Crippen LogP contribution is 2.22. The smallest absolute Gasteiger partial charge is 0.289 e. The number of carbonyl (C=O) groups excluding carboxylic acids is 1. The van der Waals surface area contributed by atoms with E-state index in [2.05, 4.69) is 4.90 Å². The zero-order chi connectivity index (χ0) is 22.7. The fourth-order valence-corrected chi connectivity index (χ4v) is 4.82. The van der Waals surface area contributed by atoms with Crippen molar-refractivity contribution in [1.29, 1.82) is 0 Å². The summed E-state index contributed by atoms with van der Waals surface area (Å²) < 4.78 is 18.2. The van der Waals surface area contributed by atoms with Crippen molar-refractivity contribution >= 4 is 39.7 Å². The van der Waals surface area contributed by atoms with Crippen molar-refractivity contribution in [2.75, 3.05) is 31.1 Å². The number of amides is 1. The molecular formula is C22H20ClN3O5S. The van der Waals surface area contributed by atoms with Crippen LogP contribution in [-0.4, -0.2) is 46.1 Å². The molecule has 1 fully saturated rings. The quantitative estimate of drug-likeness (QED) is 0.394. The third-order valence-electron chi connectivity index (χ3n) is 5.20. The number of halogens is 1. The second-order valence-corrected chi connectivity index (χ2v) is 9.15. The second-order valence-electron chi connectivity index (χ2n) is 7.27. The van der Waals surface area contributed by atoms with E-state index in [-0.39, 0.29) is 23.1 Å². The molecule has 166 valence electrons. The van der Waals surface area contributed by atoms with Crippen LogP contribution in [0.1, 0.15) is 16.3 Å². The monoisotopic (exact) mass is 473 g/mol. The fourth-order valence-electron chi connectivity index (χ4n) is 3.50. The fraction of sp³-hybridized carbons (Fsp3) is 0.227. The summed E-state index contributed by atoms with van der Waals surface area (Å²) in [5.74, 6) is 0.623. The molecule has 1 unspecified atom stereocenters. The van der Waals surface area contributed by atoms with E-state index in [1.54, 1.807) is 53.4 Å². The summed E-state index contributed by atoms with van der Waals surface area (Å²) in [5.41, 5.74) is 0.930. The number of nitrogens with zero attached hydrogens (tertiary/aromatic N) is 3. The average Bonchev–Trinajstić information content (AvgIpc) is 3.27. The molecule has 4 rings (SSSR count). The molecule has 1 saturated heterocycles. The number of carbonyl (C=O) groups is 1.